The van der Waals surface area contributed by atoms with E-state index in [0.29, 0.717) is 20.8 Å². The molecule has 0 aliphatic carbocycles. The maximum Gasteiger partial charge on any atom is 0.309 e. The number of nitrogens with zero attached hydrogens (tertiary/aromatic N) is 4. The number of carbonyl (C=O) groups is 2. The molecule has 1 aliphatic rings. The smallest absolute Gasteiger partial charge is 0.309 e. The summed E-state index contributed by atoms with van der Waals surface area (Å²) in [6.45, 7) is 1.68. The van der Waals surface area contributed by atoms with Gasteiger partial charge in [-0.05, 0) is 55.1 Å². The minimum Gasteiger partial charge on any atom is -0.481 e. The van der Waals surface area contributed by atoms with Crippen LogP contribution in [-0.2, 0) is 11.8 Å². The molecule has 1 unspecified atom stereocenters. The zero-order chi connectivity index (χ0) is 25.2. The molecule has 0 bridgehead atoms. The van der Waals surface area contributed by atoms with Gasteiger partial charge in [0.15, 0.2) is 10.2 Å². The number of aryl methyl sites for hydroxylation is 1. The van der Waals surface area contributed by atoms with Gasteiger partial charge in [0.2, 0.25) is 0 Å². The lowest BCUT2D eigenvalue weighted by Crippen LogP contribution is -2.51. The fourth-order valence-corrected chi connectivity index (χ4v) is 6.16. The van der Waals surface area contributed by atoms with Crippen molar-refractivity contribution in [1.82, 2.24) is 30.4 Å². The van der Waals surface area contributed by atoms with E-state index in [-0.39, 0.29) is 22.3 Å². The summed E-state index contributed by atoms with van der Waals surface area (Å²) in [5.74, 6) is -1.91. The lowest BCUT2D eigenvalue weighted by Gasteiger charge is -2.26. The average Bonchev–Trinajstić information content (AvgIpc) is 3.31. The molecule has 35 heavy (non-hydrogen) atoms. The number of benzene rings is 1. The highest BCUT2D eigenvalue weighted by Gasteiger charge is 2.37. The summed E-state index contributed by atoms with van der Waals surface area (Å²) in [5, 5.41) is 23.9. The molecule has 0 spiro atoms. The highest BCUT2D eigenvalue weighted by molar-refractivity contribution is 8.06. The predicted octanol–water partition coefficient (Wildman–Crippen LogP) is 4.27. The Morgan fingerprint density at radius 1 is 1.26 bits per heavy atom. The molecular formula is C21H18ClFN6O3S3. The third-order valence-corrected chi connectivity index (χ3v) is 8.10. The largest absolute Gasteiger partial charge is 0.481 e. The summed E-state index contributed by atoms with van der Waals surface area (Å²) < 4.78 is 15.3. The summed E-state index contributed by atoms with van der Waals surface area (Å²) in [6.07, 6.45) is 1.26. The van der Waals surface area contributed by atoms with Gasteiger partial charge in [0.05, 0.1) is 10.8 Å². The molecule has 2 aromatic heterocycles. The summed E-state index contributed by atoms with van der Waals surface area (Å²) in [7, 11) is 1.80. The van der Waals surface area contributed by atoms with Crippen molar-refractivity contribution >= 4 is 58.8 Å². The number of rotatable bonds is 8. The van der Waals surface area contributed by atoms with Gasteiger partial charge in [-0.15, -0.1) is 10.2 Å². The zero-order valence-electron chi connectivity index (χ0n) is 18.3. The highest BCUT2D eigenvalue weighted by Crippen LogP contribution is 2.41. The van der Waals surface area contributed by atoms with Crippen LogP contribution in [0, 0.1) is 5.82 Å². The van der Waals surface area contributed by atoms with E-state index >= 15 is 0 Å². The van der Waals surface area contributed by atoms with Crippen LogP contribution in [0.5, 0.6) is 0 Å². The fourth-order valence-electron chi connectivity index (χ4n) is 3.02. The number of halogens is 2. The summed E-state index contributed by atoms with van der Waals surface area (Å²) >= 11 is 9.81. The Balaban J connectivity index is 1.61. The van der Waals surface area contributed by atoms with Crippen molar-refractivity contribution in [2.75, 3.05) is 0 Å². The van der Waals surface area contributed by atoms with Gasteiger partial charge in [-0.3, -0.25) is 9.59 Å². The average molecular weight is 553 g/mol. The van der Waals surface area contributed by atoms with Crippen LogP contribution >= 0.6 is 46.9 Å². The van der Waals surface area contributed by atoms with Crippen molar-refractivity contribution < 1.29 is 19.1 Å². The zero-order valence-corrected chi connectivity index (χ0v) is 21.5. The van der Waals surface area contributed by atoms with Crippen molar-refractivity contribution in [3.8, 4) is 0 Å². The standard InChI is InChI=1S/C21H18ClFN6O3S3/c1-21(26-13(9-16(30)31)18(22)35-21)27-19(32)17-14(33-12-5-3-11(23)4-6-12)7-8-15(25-17)34-20-28-24-10-29(20)2/h3-8,10,26H,9H2,1-2H3,(H,27,32)(H,30,31). The van der Waals surface area contributed by atoms with Gasteiger partial charge in [0.1, 0.15) is 22.9 Å². The van der Waals surface area contributed by atoms with Gasteiger partial charge < -0.3 is 20.3 Å². The summed E-state index contributed by atoms with van der Waals surface area (Å²) in [6, 6.07) is 9.42. The van der Waals surface area contributed by atoms with Gasteiger partial charge >= 0.3 is 5.97 Å². The van der Waals surface area contributed by atoms with Crippen molar-refractivity contribution in [2.45, 2.75) is 38.3 Å². The number of pyridine rings is 1. The molecule has 0 saturated heterocycles. The molecule has 182 valence electrons. The first-order chi connectivity index (χ1) is 16.6. The van der Waals surface area contributed by atoms with E-state index in [1.807, 2.05) is 0 Å². The molecule has 3 aromatic rings. The second-order valence-corrected chi connectivity index (χ2v) is 11.5. The van der Waals surface area contributed by atoms with Gasteiger partial charge in [-0.25, -0.2) is 9.37 Å². The monoisotopic (exact) mass is 552 g/mol. The molecule has 0 saturated carbocycles. The Bertz CT molecular complexity index is 1320. The number of hydrogen-bond acceptors (Lipinski definition) is 9. The van der Waals surface area contributed by atoms with E-state index in [1.54, 1.807) is 49.1 Å². The number of carbonyl (C=O) groups excluding carboxylic acids is 1. The second-order valence-electron chi connectivity index (χ2n) is 7.42. The Morgan fingerprint density at radius 3 is 2.66 bits per heavy atom. The van der Waals surface area contributed by atoms with E-state index in [4.69, 9.17) is 16.7 Å². The minimum absolute atomic E-state index is 0.137. The van der Waals surface area contributed by atoms with Crippen molar-refractivity contribution in [3.05, 3.63) is 64.3 Å². The molecule has 0 radical (unpaired) electrons. The lowest BCUT2D eigenvalue weighted by molar-refractivity contribution is -0.136. The first-order valence-corrected chi connectivity index (χ1v) is 12.8. The van der Waals surface area contributed by atoms with Crippen molar-refractivity contribution in [3.63, 3.8) is 0 Å². The number of thioether (sulfide) groups is 1. The lowest BCUT2D eigenvalue weighted by atomic mass is 10.3. The maximum atomic E-state index is 13.4. The molecule has 4 rings (SSSR count). The number of aliphatic carboxylic acids is 1. The predicted molar refractivity (Wildman–Crippen MR) is 132 cm³/mol. The first kappa shape index (κ1) is 25.4. The van der Waals surface area contributed by atoms with Crippen LogP contribution in [0.25, 0.3) is 0 Å². The molecule has 1 aliphatic heterocycles. The van der Waals surface area contributed by atoms with Gasteiger partial charge in [-0.2, -0.15) is 0 Å². The van der Waals surface area contributed by atoms with E-state index < -0.39 is 16.9 Å². The quantitative estimate of drug-likeness (QED) is 0.373. The molecular weight excluding hydrogens is 535 g/mol. The van der Waals surface area contributed by atoms with Crippen LogP contribution in [0.2, 0.25) is 0 Å². The third kappa shape index (κ3) is 6.28. The van der Waals surface area contributed by atoms with Crippen molar-refractivity contribution in [2.24, 2.45) is 7.05 Å². The molecule has 0 fully saturated rings. The number of amides is 1. The van der Waals surface area contributed by atoms with E-state index in [2.05, 4.69) is 25.8 Å². The Hall–Kier alpha value is -2.74. The number of carboxylic acid groups (broad SMARTS) is 1. The van der Waals surface area contributed by atoms with Gasteiger partial charge in [0, 0.05) is 22.5 Å². The SMILES string of the molecule is Cn1cnnc1Sc1ccc(Sc2ccc(F)cc2)c(C(=O)NC2(C)NC(CC(=O)O)=C(Cl)S2)n1. The van der Waals surface area contributed by atoms with E-state index in [1.165, 1.54) is 35.7 Å². The van der Waals surface area contributed by atoms with Crippen molar-refractivity contribution in [1.29, 1.82) is 0 Å². The number of hydrogen-bond donors (Lipinski definition) is 3. The Kier molecular flexibility index (Phi) is 7.59. The molecule has 14 heteroatoms. The van der Waals surface area contributed by atoms with E-state index in [9.17, 15) is 14.0 Å². The summed E-state index contributed by atoms with van der Waals surface area (Å²) in [5.41, 5.74) is 0.449. The molecule has 1 aromatic carbocycles. The highest BCUT2D eigenvalue weighted by atomic mass is 35.5. The van der Waals surface area contributed by atoms with Crippen LogP contribution < -0.4 is 10.6 Å². The number of carboxylic acids is 1. The number of nitrogens with one attached hydrogen (secondary N) is 2. The van der Waals surface area contributed by atoms with Crippen LogP contribution in [0.4, 0.5) is 4.39 Å². The number of aromatic nitrogens is 4. The molecule has 1 amide bonds. The molecule has 9 nitrogen and oxygen atoms in total. The molecule has 3 N–H and O–H groups in total. The Labute approximate surface area is 217 Å². The normalized spacial score (nSPS) is 17.4. The minimum atomic E-state index is -1.08. The van der Waals surface area contributed by atoms with Crippen LogP contribution in [0.3, 0.4) is 0 Å². The second kappa shape index (κ2) is 10.5. The molecule has 3 heterocycles. The van der Waals surface area contributed by atoms with E-state index in [0.717, 1.165) is 16.7 Å². The van der Waals surface area contributed by atoms with Crippen LogP contribution in [0.1, 0.15) is 23.8 Å². The Morgan fingerprint density at radius 2 is 2.00 bits per heavy atom. The van der Waals surface area contributed by atoms with Crippen LogP contribution in [0.15, 0.2) is 72.8 Å². The van der Waals surface area contributed by atoms with Gasteiger partial charge in [0.25, 0.3) is 5.91 Å². The third-order valence-electron chi connectivity index (χ3n) is 4.56. The molecule has 1 atom stereocenters. The van der Waals surface area contributed by atoms with Gasteiger partial charge in [-0.1, -0.05) is 35.1 Å². The van der Waals surface area contributed by atoms with Crippen LogP contribution in [-0.4, -0.2) is 41.7 Å². The maximum absolute atomic E-state index is 13.4. The first-order valence-electron chi connectivity index (χ1n) is 9.98. The summed E-state index contributed by atoms with van der Waals surface area (Å²) in [4.78, 5) is 29.3. The topological polar surface area (TPSA) is 122 Å². The fraction of sp³-hybridized carbons (Fsp3) is 0.190.